The molecule has 1 N–H and O–H groups in total. The summed E-state index contributed by atoms with van der Waals surface area (Å²) < 4.78 is 0. The van der Waals surface area contributed by atoms with Crippen LogP contribution in [0.2, 0.25) is 0 Å². The van der Waals surface area contributed by atoms with Crippen molar-refractivity contribution in [3.63, 3.8) is 0 Å². The van der Waals surface area contributed by atoms with Gasteiger partial charge in [0, 0.05) is 6.04 Å². The van der Waals surface area contributed by atoms with Crippen molar-refractivity contribution in [1.82, 2.24) is 5.32 Å². The maximum atomic E-state index is 10.6. The second-order valence-electron chi connectivity index (χ2n) is 4.57. The summed E-state index contributed by atoms with van der Waals surface area (Å²) in [5, 5.41) is 3.42. The highest BCUT2D eigenvalue weighted by Gasteiger charge is 2.44. The van der Waals surface area contributed by atoms with E-state index in [-0.39, 0.29) is 6.04 Å². The molecule has 2 fully saturated rings. The fourth-order valence-corrected chi connectivity index (χ4v) is 2.84. The molecule has 2 rings (SSSR count). The minimum Gasteiger partial charge on any atom is -0.304 e. The van der Waals surface area contributed by atoms with Crippen LogP contribution in [0, 0.1) is 5.41 Å². The van der Waals surface area contributed by atoms with Crippen LogP contribution in [0.5, 0.6) is 0 Å². The van der Waals surface area contributed by atoms with Crippen molar-refractivity contribution in [1.29, 1.82) is 0 Å². The van der Waals surface area contributed by atoms with Gasteiger partial charge in [0.15, 0.2) is 0 Å². The van der Waals surface area contributed by atoms with E-state index in [4.69, 9.17) is 0 Å². The summed E-state index contributed by atoms with van der Waals surface area (Å²) in [4.78, 5) is 10.6. The van der Waals surface area contributed by atoms with E-state index < -0.39 is 0 Å². The number of rotatable bonds is 1. The Morgan fingerprint density at radius 3 is 3.00 bits per heavy atom. The Labute approximate surface area is 73.7 Å². The molecular formula is C10H17NO. The highest BCUT2D eigenvalue weighted by molar-refractivity contribution is 5.58. The fourth-order valence-electron chi connectivity index (χ4n) is 2.84. The van der Waals surface area contributed by atoms with Gasteiger partial charge >= 0.3 is 0 Å². The lowest BCUT2D eigenvalue weighted by molar-refractivity contribution is -0.109. The van der Waals surface area contributed by atoms with Gasteiger partial charge in [-0.3, -0.25) is 0 Å². The lowest BCUT2D eigenvalue weighted by atomic mass is 9.72. The van der Waals surface area contributed by atoms with Crippen molar-refractivity contribution >= 4 is 6.29 Å². The predicted octanol–water partition coefficient (Wildman–Crippen LogP) is 1.50. The molecule has 0 bridgehead atoms. The Kier molecular flexibility index (Phi) is 1.95. The molecule has 3 atom stereocenters. The summed E-state index contributed by atoms with van der Waals surface area (Å²) in [6, 6.07) is 0.750. The molecule has 68 valence electrons. The van der Waals surface area contributed by atoms with E-state index in [1.165, 1.54) is 25.7 Å². The van der Waals surface area contributed by atoms with E-state index in [2.05, 4.69) is 12.2 Å². The first-order valence-corrected chi connectivity index (χ1v) is 4.96. The largest absolute Gasteiger partial charge is 0.304 e. The summed E-state index contributed by atoms with van der Waals surface area (Å²) in [5.74, 6) is 0. The van der Waals surface area contributed by atoms with E-state index >= 15 is 0 Å². The van der Waals surface area contributed by atoms with Crippen molar-refractivity contribution in [2.45, 2.75) is 51.1 Å². The smallest absolute Gasteiger partial charge is 0.136 e. The van der Waals surface area contributed by atoms with Crippen molar-refractivity contribution in [2.24, 2.45) is 5.41 Å². The normalized spacial score (nSPS) is 47.1. The number of hydrogen-bond acceptors (Lipinski definition) is 2. The van der Waals surface area contributed by atoms with Gasteiger partial charge in [0.1, 0.15) is 6.29 Å². The van der Waals surface area contributed by atoms with Gasteiger partial charge in [0.2, 0.25) is 0 Å². The molecule has 2 heteroatoms. The SMILES string of the molecule is C[C@@]12CCCC[C@@H]1N[C@H](C=O)C2. The van der Waals surface area contributed by atoms with Crippen molar-refractivity contribution in [3.8, 4) is 0 Å². The number of carbonyl (C=O) groups is 1. The third-order valence-corrected chi connectivity index (χ3v) is 3.60. The van der Waals surface area contributed by atoms with E-state index in [1.54, 1.807) is 0 Å². The van der Waals surface area contributed by atoms with E-state index in [9.17, 15) is 4.79 Å². The third-order valence-electron chi connectivity index (χ3n) is 3.60. The topological polar surface area (TPSA) is 29.1 Å². The number of nitrogens with one attached hydrogen (secondary N) is 1. The molecule has 1 heterocycles. The number of hydrogen-bond donors (Lipinski definition) is 1. The Balaban J connectivity index is 2.10. The van der Waals surface area contributed by atoms with Crippen molar-refractivity contribution in [2.75, 3.05) is 0 Å². The molecule has 0 aromatic carbocycles. The van der Waals surface area contributed by atoms with Crippen LogP contribution >= 0.6 is 0 Å². The van der Waals surface area contributed by atoms with Crippen LogP contribution in [0.15, 0.2) is 0 Å². The second kappa shape index (κ2) is 2.84. The summed E-state index contributed by atoms with van der Waals surface area (Å²) in [6.07, 6.45) is 7.37. The summed E-state index contributed by atoms with van der Waals surface area (Å²) in [7, 11) is 0. The molecule has 1 aliphatic heterocycles. The molecule has 0 amide bonds. The average Bonchev–Trinajstić information content (AvgIpc) is 2.41. The number of aldehydes is 1. The van der Waals surface area contributed by atoms with Crippen molar-refractivity contribution in [3.05, 3.63) is 0 Å². The van der Waals surface area contributed by atoms with Gasteiger partial charge in [-0.2, -0.15) is 0 Å². The molecule has 0 radical (unpaired) electrons. The minimum atomic E-state index is 0.137. The molecule has 0 aromatic rings. The Bertz CT molecular complexity index is 192. The Morgan fingerprint density at radius 1 is 1.50 bits per heavy atom. The highest BCUT2D eigenvalue weighted by Crippen LogP contribution is 2.43. The zero-order valence-corrected chi connectivity index (χ0v) is 7.68. The van der Waals surface area contributed by atoms with E-state index in [0.717, 1.165) is 12.7 Å². The van der Waals surface area contributed by atoms with Crippen LogP contribution in [0.3, 0.4) is 0 Å². The monoisotopic (exact) mass is 167 g/mol. The molecule has 1 saturated carbocycles. The summed E-state index contributed by atoms with van der Waals surface area (Å²) in [5.41, 5.74) is 0.420. The predicted molar refractivity (Wildman–Crippen MR) is 48.0 cm³/mol. The lowest BCUT2D eigenvalue weighted by Crippen LogP contribution is -2.38. The van der Waals surface area contributed by atoms with Crippen LogP contribution in [-0.4, -0.2) is 18.4 Å². The Hall–Kier alpha value is -0.370. The van der Waals surface area contributed by atoms with Crippen LogP contribution in [0.25, 0.3) is 0 Å². The second-order valence-corrected chi connectivity index (χ2v) is 4.57. The molecule has 0 unspecified atom stereocenters. The van der Waals surface area contributed by atoms with Gasteiger partial charge in [0.05, 0.1) is 6.04 Å². The molecule has 1 aliphatic carbocycles. The summed E-state index contributed by atoms with van der Waals surface area (Å²) >= 11 is 0. The number of carbonyl (C=O) groups excluding carboxylic acids is 1. The zero-order chi connectivity index (χ0) is 8.60. The van der Waals surface area contributed by atoms with Gasteiger partial charge in [-0.15, -0.1) is 0 Å². The third kappa shape index (κ3) is 1.18. The van der Waals surface area contributed by atoms with Crippen molar-refractivity contribution < 1.29 is 4.79 Å². The summed E-state index contributed by atoms with van der Waals surface area (Å²) in [6.45, 7) is 2.33. The van der Waals surface area contributed by atoms with E-state index in [0.29, 0.717) is 11.5 Å². The van der Waals surface area contributed by atoms with Crippen LogP contribution < -0.4 is 5.32 Å². The van der Waals surface area contributed by atoms with Gasteiger partial charge in [-0.1, -0.05) is 19.8 Å². The first-order valence-electron chi connectivity index (χ1n) is 4.96. The molecule has 12 heavy (non-hydrogen) atoms. The number of fused-ring (bicyclic) bond motifs is 1. The van der Waals surface area contributed by atoms with Crippen LogP contribution in [-0.2, 0) is 4.79 Å². The molecular weight excluding hydrogens is 150 g/mol. The maximum Gasteiger partial charge on any atom is 0.136 e. The zero-order valence-electron chi connectivity index (χ0n) is 7.68. The fraction of sp³-hybridized carbons (Fsp3) is 0.900. The van der Waals surface area contributed by atoms with Gasteiger partial charge in [0.25, 0.3) is 0 Å². The van der Waals surface area contributed by atoms with Crippen LogP contribution in [0.4, 0.5) is 0 Å². The highest BCUT2D eigenvalue weighted by atomic mass is 16.1. The molecule has 1 saturated heterocycles. The standard InChI is InChI=1S/C10H17NO/c1-10-5-3-2-4-9(10)11-8(6-10)7-12/h7-9,11H,2-6H2,1H3/t8-,9-,10-/m0/s1. The van der Waals surface area contributed by atoms with Crippen LogP contribution in [0.1, 0.15) is 39.0 Å². The molecule has 2 nitrogen and oxygen atoms in total. The molecule has 0 spiro atoms. The maximum absolute atomic E-state index is 10.6. The molecule has 2 aliphatic rings. The lowest BCUT2D eigenvalue weighted by Gasteiger charge is -2.35. The molecule has 0 aromatic heterocycles. The first-order chi connectivity index (χ1) is 5.74. The average molecular weight is 167 g/mol. The van der Waals surface area contributed by atoms with Gasteiger partial charge < -0.3 is 10.1 Å². The van der Waals surface area contributed by atoms with Gasteiger partial charge in [-0.25, -0.2) is 0 Å². The van der Waals surface area contributed by atoms with E-state index in [1.807, 2.05) is 0 Å². The quantitative estimate of drug-likeness (QED) is 0.600. The minimum absolute atomic E-state index is 0.137. The van der Waals surface area contributed by atoms with Gasteiger partial charge in [-0.05, 0) is 24.7 Å². The first kappa shape index (κ1) is 8.24. The Morgan fingerprint density at radius 2 is 2.33 bits per heavy atom.